The molecule has 0 fully saturated rings. The van der Waals surface area contributed by atoms with E-state index in [0.29, 0.717) is 5.75 Å². The predicted molar refractivity (Wildman–Crippen MR) is 85.2 cm³/mol. The van der Waals surface area contributed by atoms with Crippen molar-refractivity contribution in [2.24, 2.45) is 5.73 Å². The standard InChI is InChI=1S/C16H16N2O2S/c1-19-11-3-4-12(14(8-11)20-2)16(17)10-7-15-13(18-9-10)5-6-21-15/h3-9,16H,17H2,1-2H3. The first kappa shape index (κ1) is 13.9. The molecule has 108 valence electrons. The van der Waals surface area contributed by atoms with Crippen molar-refractivity contribution >= 4 is 21.6 Å². The Labute approximate surface area is 127 Å². The number of benzene rings is 1. The minimum Gasteiger partial charge on any atom is -0.497 e. The van der Waals surface area contributed by atoms with E-state index in [9.17, 15) is 0 Å². The van der Waals surface area contributed by atoms with Crippen LogP contribution >= 0.6 is 11.3 Å². The van der Waals surface area contributed by atoms with E-state index in [1.54, 1.807) is 25.6 Å². The molecule has 2 aromatic heterocycles. The highest BCUT2D eigenvalue weighted by molar-refractivity contribution is 7.17. The molecule has 0 saturated heterocycles. The lowest BCUT2D eigenvalue weighted by Crippen LogP contribution is -2.13. The van der Waals surface area contributed by atoms with Gasteiger partial charge < -0.3 is 15.2 Å². The second-order valence-corrected chi connectivity index (χ2v) is 5.61. The summed E-state index contributed by atoms with van der Waals surface area (Å²) in [5, 5.41) is 2.03. The van der Waals surface area contributed by atoms with Gasteiger partial charge in [-0.25, -0.2) is 0 Å². The molecule has 3 rings (SSSR count). The summed E-state index contributed by atoms with van der Waals surface area (Å²) < 4.78 is 11.8. The lowest BCUT2D eigenvalue weighted by Gasteiger charge is -2.16. The summed E-state index contributed by atoms with van der Waals surface area (Å²) in [4.78, 5) is 4.44. The number of pyridine rings is 1. The van der Waals surface area contributed by atoms with Gasteiger partial charge in [-0.05, 0) is 35.2 Å². The van der Waals surface area contributed by atoms with E-state index in [4.69, 9.17) is 15.2 Å². The number of ether oxygens (including phenoxy) is 2. The number of nitrogens with two attached hydrogens (primary N) is 1. The molecule has 4 nitrogen and oxygen atoms in total. The van der Waals surface area contributed by atoms with Gasteiger partial charge >= 0.3 is 0 Å². The van der Waals surface area contributed by atoms with E-state index < -0.39 is 0 Å². The van der Waals surface area contributed by atoms with E-state index in [0.717, 1.165) is 27.1 Å². The normalized spacial score (nSPS) is 12.3. The molecule has 0 spiro atoms. The zero-order valence-corrected chi connectivity index (χ0v) is 12.7. The molecule has 3 aromatic rings. The number of hydrogen-bond donors (Lipinski definition) is 1. The van der Waals surface area contributed by atoms with Crippen molar-refractivity contribution in [2.45, 2.75) is 6.04 Å². The van der Waals surface area contributed by atoms with Crippen LogP contribution in [-0.2, 0) is 0 Å². The van der Waals surface area contributed by atoms with E-state index in [1.165, 1.54) is 0 Å². The van der Waals surface area contributed by atoms with Gasteiger partial charge in [0.1, 0.15) is 11.5 Å². The third-order valence-electron chi connectivity index (χ3n) is 3.46. The summed E-state index contributed by atoms with van der Waals surface area (Å²) in [5.41, 5.74) is 9.26. The summed E-state index contributed by atoms with van der Waals surface area (Å²) in [6.07, 6.45) is 1.82. The van der Waals surface area contributed by atoms with Crippen LogP contribution in [0.1, 0.15) is 17.2 Å². The molecule has 0 aliphatic rings. The molecule has 5 heteroatoms. The Morgan fingerprint density at radius 2 is 2.00 bits per heavy atom. The van der Waals surface area contributed by atoms with Crippen LogP contribution < -0.4 is 15.2 Å². The maximum absolute atomic E-state index is 6.39. The van der Waals surface area contributed by atoms with Crippen molar-refractivity contribution in [1.82, 2.24) is 4.98 Å². The third-order valence-corrected chi connectivity index (χ3v) is 4.31. The zero-order valence-electron chi connectivity index (χ0n) is 11.9. The monoisotopic (exact) mass is 300 g/mol. The topological polar surface area (TPSA) is 57.4 Å². The van der Waals surface area contributed by atoms with E-state index in [-0.39, 0.29) is 6.04 Å². The van der Waals surface area contributed by atoms with E-state index in [2.05, 4.69) is 11.1 Å². The van der Waals surface area contributed by atoms with Gasteiger partial charge in [-0.15, -0.1) is 11.3 Å². The van der Waals surface area contributed by atoms with Gasteiger partial charge in [-0.2, -0.15) is 0 Å². The van der Waals surface area contributed by atoms with Gasteiger partial charge in [-0.1, -0.05) is 0 Å². The molecule has 0 bridgehead atoms. The maximum Gasteiger partial charge on any atom is 0.127 e. The van der Waals surface area contributed by atoms with Gasteiger partial charge in [0.15, 0.2) is 0 Å². The minimum atomic E-state index is -0.287. The van der Waals surface area contributed by atoms with E-state index in [1.807, 2.05) is 35.8 Å². The lowest BCUT2D eigenvalue weighted by atomic mass is 10.00. The van der Waals surface area contributed by atoms with Crippen LogP contribution in [0.25, 0.3) is 10.2 Å². The molecule has 1 aromatic carbocycles. The third kappa shape index (κ3) is 2.57. The Morgan fingerprint density at radius 1 is 1.14 bits per heavy atom. The lowest BCUT2D eigenvalue weighted by molar-refractivity contribution is 0.390. The van der Waals surface area contributed by atoms with Crippen LogP contribution in [0.3, 0.4) is 0 Å². The fourth-order valence-corrected chi connectivity index (χ4v) is 3.08. The van der Waals surface area contributed by atoms with Gasteiger partial charge in [-0.3, -0.25) is 4.98 Å². The van der Waals surface area contributed by atoms with Crippen molar-refractivity contribution in [3.8, 4) is 11.5 Å². The molecule has 0 radical (unpaired) electrons. The highest BCUT2D eigenvalue weighted by Crippen LogP contribution is 2.32. The number of thiophene rings is 1. The number of fused-ring (bicyclic) bond motifs is 1. The molecule has 0 saturated carbocycles. The fourth-order valence-electron chi connectivity index (χ4n) is 2.29. The first-order chi connectivity index (χ1) is 10.2. The minimum absolute atomic E-state index is 0.287. The Bertz CT molecular complexity index is 770. The van der Waals surface area contributed by atoms with Gasteiger partial charge in [0, 0.05) is 17.8 Å². The summed E-state index contributed by atoms with van der Waals surface area (Å²) in [5.74, 6) is 1.46. The highest BCUT2D eigenvalue weighted by Gasteiger charge is 2.16. The molecule has 0 aliphatic heterocycles. The Kier molecular flexibility index (Phi) is 3.77. The molecular formula is C16H16N2O2S. The fraction of sp³-hybridized carbons (Fsp3) is 0.188. The van der Waals surface area contributed by atoms with Gasteiger partial charge in [0.2, 0.25) is 0 Å². The molecule has 2 N–H and O–H groups in total. The number of hydrogen-bond acceptors (Lipinski definition) is 5. The SMILES string of the molecule is COc1ccc(C(N)c2cnc3ccsc3c2)c(OC)c1. The largest absolute Gasteiger partial charge is 0.497 e. The van der Waals surface area contributed by atoms with Crippen LogP contribution in [-0.4, -0.2) is 19.2 Å². The Hall–Kier alpha value is -2.11. The molecule has 0 aliphatic carbocycles. The first-order valence-corrected chi connectivity index (χ1v) is 7.41. The number of rotatable bonds is 4. The molecule has 1 atom stereocenters. The first-order valence-electron chi connectivity index (χ1n) is 6.53. The molecular weight excluding hydrogens is 284 g/mol. The van der Waals surface area contributed by atoms with Crippen molar-refractivity contribution in [2.75, 3.05) is 14.2 Å². The van der Waals surface area contributed by atoms with Crippen molar-refractivity contribution in [3.63, 3.8) is 0 Å². The number of aromatic nitrogens is 1. The predicted octanol–water partition coefficient (Wildman–Crippen LogP) is 3.36. The smallest absolute Gasteiger partial charge is 0.127 e. The summed E-state index contributed by atoms with van der Waals surface area (Å²) in [7, 11) is 3.26. The van der Waals surface area contributed by atoms with Gasteiger partial charge in [0.05, 0.1) is 30.5 Å². The van der Waals surface area contributed by atoms with Gasteiger partial charge in [0.25, 0.3) is 0 Å². The molecule has 1 unspecified atom stereocenters. The quantitative estimate of drug-likeness (QED) is 0.802. The average molecular weight is 300 g/mol. The number of methoxy groups -OCH3 is 2. The second-order valence-electron chi connectivity index (χ2n) is 4.66. The Morgan fingerprint density at radius 3 is 2.76 bits per heavy atom. The average Bonchev–Trinajstić information content (AvgIpc) is 3.01. The molecule has 21 heavy (non-hydrogen) atoms. The second kappa shape index (κ2) is 5.71. The maximum atomic E-state index is 6.39. The van der Waals surface area contributed by atoms with E-state index >= 15 is 0 Å². The van der Waals surface area contributed by atoms with Crippen molar-refractivity contribution in [3.05, 3.63) is 53.0 Å². The molecule has 2 heterocycles. The van der Waals surface area contributed by atoms with Crippen LogP contribution in [0.15, 0.2) is 41.9 Å². The summed E-state index contributed by atoms with van der Waals surface area (Å²) in [6, 6.07) is 9.46. The highest BCUT2D eigenvalue weighted by atomic mass is 32.1. The van der Waals surface area contributed by atoms with Crippen LogP contribution in [0.2, 0.25) is 0 Å². The van der Waals surface area contributed by atoms with Crippen molar-refractivity contribution in [1.29, 1.82) is 0 Å². The Balaban J connectivity index is 2.02. The van der Waals surface area contributed by atoms with Crippen LogP contribution in [0.4, 0.5) is 0 Å². The number of nitrogens with zero attached hydrogens (tertiary/aromatic N) is 1. The van der Waals surface area contributed by atoms with Crippen LogP contribution in [0, 0.1) is 0 Å². The molecule has 0 amide bonds. The summed E-state index contributed by atoms with van der Waals surface area (Å²) in [6.45, 7) is 0. The summed E-state index contributed by atoms with van der Waals surface area (Å²) >= 11 is 1.66. The van der Waals surface area contributed by atoms with Crippen molar-refractivity contribution < 1.29 is 9.47 Å². The zero-order chi connectivity index (χ0) is 14.8. The van der Waals surface area contributed by atoms with Crippen LogP contribution in [0.5, 0.6) is 11.5 Å².